The predicted octanol–water partition coefficient (Wildman–Crippen LogP) is 19.0. The smallest absolute Gasteiger partial charge is 0.462 e. The van der Waals surface area contributed by atoms with Crippen LogP contribution in [0.25, 0.3) is 0 Å². The third-order valence-corrected chi connectivity index (χ3v) is 13.0. The minimum atomic E-state index is -4.41. The highest BCUT2D eigenvalue weighted by molar-refractivity contribution is 7.47. The lowest BCUT2D eigenvalue weighted by atomic mass is 10.1. The summed E-state index contributed by atoms with van der Waals surface area (Å²) in [5.41, 5.74) is 5.38. The summed E-state index contributed by atoms with van der Waals surface area (Å²) < 4.78 is 33.0. The van der Waals surface area contributed by atoms with Gasteiger partial charge in [0.05, 0.1) is 13.2 Å². The van der Waals surface area contributed by atoms with Crippen molar-refractivity contribution in [1.82, 2.24) is 0 Å². The third-order valence-electron chi connectivity index (χ3n) is 12.0. The Morgan fingerprint density at radius 1 is 0.413 bits per heavy atom. The maximum atomic E-state index is 12.7. The van der Waals surface area contributed by atoms with E-state index in [2.05, 4.69) is 148 Å². The molecule has 2 atom stereocenters. The van der Waals surface area contributed by atoms with Crippen LogP contribution in [0.1, 0.15) is 232 Å². The van der Waals surface area contributed by atoms with Gasteiger partial charge in [-0.3, -0.25) is 18.6 Å². The van der Waals surface area contributed by atoms with E-state index in [0.29, 0.717) is 6.42 Å². The highest BCUT2D eigenvalue weighted by Gasteiger charge is 2.26. The molecule has 0 bridgehead atoms. The molecule has 9 nitrogen and oxygen atoms in total. The van der Waals surface area contributed by atoms with Crippen molar-refractivity contribution in [2.75, 3.05) is 26.4 Å². The van der Waals surface area contributed by atoms with E-state index < -0.39 is 32.5 Å². The molecule has 0 amide bonds. The first-order valence-corrected chi connectivity index (χ1v) is 31.2. The van der Waals surface area contributed by atoms with E-state index in [1.807, 2.05) is 0 Å². The summed E-state index contributed by atoms with van der Waals surface area (Å²) in [5, 5.41) is 0. The topological polar surface area (TPSA) is 134 Å². The van der Waals surface area contributed by atoms with E-state index in [-0.39, 0.29) is 32.6 Å². The summed E-state index contributed by atoms with van der Waals surface area (Å²) in [6.07, 6.45) is 83.7. The minimum Gasteiger partial charge on any atom is -0.462 e. The van der Waals surface area contributed by atoms with Crippen molar-refractivity contribution in [3.05, 3.63) is 134 Å². The molecule has 0 aliphatic rings. The molecule has 0 spiro atoms. The molecule has 0 aliphatic carbocycles. The van der Waals surface area contributed by atoms with E-state index in [1.54, 1.807) is 0 Å². The Kier molecular flexibility index (Phi) is 56.3. The van der Waals surface area contributed by atoms with Gasteiger partial charge < -0.3 is 20.1 Å². The number of phosphoric acid groups is 1. The maximum Gasteiger partial charge on any atom is 0.472 e. The number of esters is 2. The Labute approximate surface area is 459 Å². The molecule has 0 aliphatic heterocycles. The van der Waals surface area contributed by atoms with Crippen molar-refractivity contribution >= 4 is 19.8 Å². The van der Waals surface area contributed by atoms with Gasteiger partial charge in [0.15, 0.2) is 6.10 Å². The molecule has 0 rings (SSSR count). The summed E-state index contributed by atoms with van der Waals surface area (Å²) in [6, 6.07) is 0. The van der Waals surface area contributed by atoms with Crippen LogP contribution in [0, 0.1) is 0 Å². The molecule has 0 radical (unpaired) electrons. The van der Waals surface area contributed by atoms with Crippen LogP contribution in [-0.2, 0) is 32.7 Å². The van der Waals surface area contributed by atoms with Crippen molar-refractivity contribution in [1.29, 1.82) is 0 Å². The predicted molar refractivity (Wildman–Crippen MR) is 320 cm³/mol. The molecular weight excluding hydrogens is 954 g/mol. The zero-order valence-electron chi connectivity index (χ0n) is 47.5. The lowest BCUT2D eigenvalue weighted by Gasteiger charge is -2.19. The second-order valence-corrected chi connectivity index (χ2v) is 20.6. The molecule has 0 heterocycles. The quantitative estimate of drug-likeness (QED) is 0.0264. The van der Waals surface area contributed by atoms with Crippen LogP contribution in [0.4, 0.5) is 0 Å². The zero-order chi connectivity index (χ0) is 54.5. The maximum absolute atomic E-state index is 12.7. The molecule has 2 unspecified atom stereocenters. The number of hydrogen-bond acceptors (Lipinski definition) is 8. The lowest BCUT2D eigenvalue weighted by Crippen LogP contribution is -2.29. The SMILES string of the molecule is CC/C=C\C/C=C\C/C=C\C/C=C\C/C=C\C/C=C\C/C=C\C/C=C\C/C=C\C/C=C\CCCCC(=O)OC(COC(=O)CCCCCCCCCCC/C=C\CCCCCCCCCC)COP(=O)(O)OCCN. The van der Waals surface area contributed by atoms with Gasteiger partial charge in [0.25, 0.3) is 0 Å². The molecule has 0 fully saturated rings. The summed E-state index contributed by atoms with van der Waals surface area (Å²) in [7, 11) is -4.41. The van der Waals surface area contributed by atoms with Crippen LogP contribution in [0.3, 0.4) is 0 Å². The Morgan fingerprint density at radius 2 is 0.733 bits per heavy atom. The molecule has 0 saturated heterocycles. The van der Waals surface area contributed by atoms with Gasteiger partial charge in [-0.2, -0.15) is 0 Å². The van der Waals surface area contributed by atoms with Crippen LogP contribution in [0.5, 0.6) is 0 Å². The van der Waals surface area contributed by atoms with Crippen molar-refractivity contribution in [3.63, 3.8) is 0 Å². The summed E-state index contributed by atoms with van der Waals surface area (Å²) in [6.45, 7) is 3.57. The monoisotopic (exact) mass is 1060 g/mol. The van der Waals surface area contributed by atoms with E-state index >= 15 is 0 Å². The number of unbranched alkanes of at least 4 members (excludes halogenated alkanes) is 19. The van der Waals surface area contributed by atoms with Gasteiger partial charge >= 0.3 is 19.8 Å². The molecule has 3 N–H and O–H groups in total. The molecular formula is C65H108NO8P. The van der Waals surface area contributed by atoms with E-state index in [1.165, 1.54) is 96.3 Å². The average molecular weight is 1060 g/mol. The first kappa shape index (κ1) is 71.2. The van der Waals surface area contributed by atoms with Gasteiger partial charge in [-0.05, 0) is 116 Å². The van der Waals surface area contributed by atoms with Gasteiger partial charge in [-0.25, -0.2) is 4.57 Å². The van der Waals surface area contributed by atoms with Crippen molar-refractivity contribution in [2.24, 2.45) is 5.73 Å². The molecule has 10 heteroatoms. The Morgan fingerprint density at radius 3 is 1.13 bits per heavy atom. The number of rotatable bonds is 54. The first-order chi connectivity index (χ1) is 36.8. The summed E-state index contributed by atoms with van der Waals surface area (Å²) in [4.78, 5) is 35.2. The van der Waals surface area contributed by atoms with Crippen LogP contribution >= 0.6 is 7.82 Å². The average Bonchev–Trinajstić information content (AvgIpc) is 3.40. The fourth-order valence-corrected chi connectivity index (χ4v) is 8.42. The molecule has 0 aromatic carbocycles. The fourth-order valence-electron chi connectivity index (χ4n) is 7.66. The Bertz CT molecular complexity index is 1680. The number of allylic oxidation sites excluding steroid dienone is 22. The van der Waals surface area contributed by atoms with Crippen LogP contribution in [0.2, 0.25) is 0 Å². The van der Waals surface area contributed by atoms with E-state index in [9.17, 15) is 19.0 Å². The normalized spacial score (nSPS) is 14.0. The van der Waals surface area contributed by atoms with Crippen molar-refractivity contribution < 1.29 is 37.6 Å². The zero-order valence-corrected chi connectivity index (χ0v) is 48.4. The first-order valence-electron chi connectivity index (χ1n) is 29.7. The van der Waals surface area contributed by atoms with Gasteiger partial charge in [-0.1, -0.05) is 237 Å². The summed E-state index contributed by atoms with van der Waals surface area (Å²) in [5.74, 6) is -0.888. The second-order valence-electron chi connectivity index (χ2n) is 19.1. The van der Waals surface area contributed by atoms with Crippen molar-refractivity contribution in [2.45, 2.75) is 238 Å². The van der Waals surface area contributed by atoms with Gasteiger partial charge in [0.2, 0.25) is 0 Å². The molecule has 0 aromatic heterocycles. The second kappa shape index (κ2) is 59.4. The van der Waals surface area contributed by atoms with Gasteiger partial charge in [-0.15, -0.1) is 0 Å². The molecule has 75 heavy (non-hydrogen) atoms. The number of carbonyl (C=O) groups is 2. The van der Waals surface area contributed by atoms with Crippen LogP contribution in [0.15, 0.2) is 134 Å². The fraction of sp³-hybridized carbons (Fsp3) is 0.631. The standard InChI is InChI=1S/C65H108NO8P/c1-3-5-7-9-11-13-15-17-19-21-23-25-26-27-28-29-30-31-32-33-34-35-36-38-40-42-44-46-48-50-52-54-56-58-65(68)74-63(62-73-75(69,70)72-60-59-66)61-71-64(67)57-55-53-51-49-47-45-43-41-39-37-24-22-20-18-16-14-12-10-8-6-4-2/h5,7,11,13,17,19,22-25,27-28,30-31,33-34,36,38,42,44,48,50,63H,3-4,6,8-10,12,14-16,18,20-21,26,29,32,35,37,39-41,43,45-47,49,51-62,66H2,1-2H3,(H,69,70)/b7-5-,13-11-,19-17-,24-22-,25-23-,28-27-,31-30-,34-33-,38-36-,44-42-,50-48-. The number of phosphoric ester groups is 1. The van der Waals surface area contributed by atoms with E-state index in [0.717, 1.165) is 103 Å². The van der Waals surface area contributed by atoms with Crippen LogP contribution in [-0.4, -0.2) is 49.3 Å². The van der Waals surface area contributed by atoms with E-state index in [4.69, 9.17) is 24.3 Å². The molecule has 0 aromatic rings. The molecule has 0 saturated carbocycles. The van der Waals surface area contributed by atoms with Gasteiger partial charge in [0.1, 0.15) is 6.61 Å². The highest BCUT2D eigenvalue weighted by atomic mass is 31.2. The number of carbonyl (C=O) groups excluding carboxylic acids is 2. The minimum absolute atomic E-state index is 0.0389. The Hall–Kier alpha value is -3.85. The largest absolute Gasteiger partial charge is 0.472 e. The number of hydrogen-bond donors (Lipinski definition) is 2. The number of ether oxygens (including phenoxy) is 2. The lowest BCUT2D eigenvalue weighted by molar-refractivity contribution is -0.161. The van der Waals surface area contributed by atoms with Crippen LogP contribution < -0.4 is 5.73 Å². The van der Waals surface area contributed by atoms with Gasteiger partial charge in [0, 0.05) is 19.4 Å². The van der Waals surface area contributed by atoms with Crippen molar-refractivity contribution in [3.8, 4) is 0 Å². The summed E-state index contributed by atoms with van der Waals surface area (Å²) >= 11 is 0. The number of nitrogens with two attached hydrogens (primary N) is 1. The molecule has 426 valence electrons. The Balaban J connectivity index is 4.12. The highest BCUT2D eigenvalue weighted by Crippen LogP contribution is 2.43. The third kappa shape index (κ3) is 59.3.